The van der Waals surface area contributed by atoms with Gasteiger partial charge in [-0.15, -0.1) is 0 Å². The van der Waals surface area contributed by atoms with Gasteiger partial charge in [-0.05, 0) is 30.3 Å². The number of hydrogen-bond donors (Lipinski definition) is 1. The highest BCUT2D eigenvalue weighted by Gasteiger charge is 2.36. The first-order chi connectivity index (χ1) is 13.7. The van der Waals surface area contributed by atoms with Crippen molar-refractivity contribution in [1.29, 1.82) is 0 Å². The van der Waals surface area contributed by atoms with Gasteiger partial charge >= 0.3 is 6.18 Å². The molecule has 1 aliphatic heterocycles. The Hall–Kier alpha value is -3.23. The van der Waals surface area contributed by atoms with Gasteiger partial charge in [-0.3, -0.25) is 9.59 Å². The third-order valence-electron chi connectivity index (χ3n) is 4.63. The van der Waals surface area contributed by atoms with Gasteiger partial charge in [0, 0.05) is 30.4 Å². The number of anilines is 2. The fourth-order valence-corrected chi connectivity index (χ4v) is 3.14. The van der Waals surface area contributed by atoms with E-state index in [0.29, 0.717) is 17.2 Å². The zero-order valence-electron chi connectivity index (χ0n) is 15.7. The summed E-state index contributed by atoms with van der Waals surface area (Å²) in [5, 5.41) is 2.47. The molecule has 1 saturated heterocycles. The van der Waals surface area contributed by atoms with E-state index in [4.69, 9.17) is 9.47 Å². The third kappa shape index (κ3) is 4.44. The molecule has 6 nitrogen and oxygen atoms in total. The fourth-order valence-electron chi connectivity index (χ4n) is 3.14. The molecular weight excluding hydrogens is 389 g/mol. The van der Waals surface area contributed by atoms with Gasteiger partial charge in [0.05, 0.1) is 25.7 Å². The summed E-state index contributed by atoms with van der Waals surface area (Å²) in [6, 6.07) is 9.33. The number of amides is 2. The molecular formula is C20H19F3N2O4. The van der Waals surface area contributed by atoms with Crippen LogP contribution in [-0.2, 0) is 15.8 Å². The number of halogens is 3. The first kappa shape index (κ1) is 20.5. The Morgan fingerprint density at radius 2 is 1.83 bits per heavy atom. The number of rotatable bonds is 5. The molecule has 0 radical (unpaired) electrons. The Bertz CT molecular complexity index is 930. The van der Waals surface area contributed by atoms with Crippen LogP contribution in [-0.4, -0.2) is 32.6 Å². The number of carbonyl (C=O) groups is 2. The molecule has 9 heteroatoms. The molecule has 2 aromatic carbocycles. The molecule has 2 amide bonds. The van der Waals surface area contributed by atoms with Crippen LogP contribution in [0.3, 0.4) is 0 Å². The van der Waals surface area contributed by atoms with Crippen molar-refractivity contribution in [3.8, 4) is 11.5 Å². The van der Waals surface area contributed by atoms with Gasteiger partial charge in [-0.2, -0.15) is 13.2 Å². The molecule has 0 saturated carbocycles. The second kappa shape index (κ2) is 8.02. The number of nitrogens with zero attached hydrogens (tertiary/aromatic N) is 1. The second-order valence-electron chi connectivity index (χ2n) is 6.51. The summed E-state index contributed by atoms with van der Waals surface area (Å²) in [7, 11) is 2.96. The molecule has 0 aliphatic carbocycles. The maximum atomic E-state index is 12.8. The van der Waals surface area contributed by atoms with Crippen LogP contribution >= 0.6 is 0 Å². The molecule has 0 aromatic heterocycles. The number of benzene rings is 2. The van der Waals surface area contributed by atoms with Gasteiger partial charge in [0.25, 0.3) is 0 Å². The Morgan fingerprint density at radius 1 is 1.10 bits per heavy atom. The minimum absolute atomic E-state index is 0.0295. The molecule has 1 aliphatic rings. The molecule has 1 fully saturated rings. The van der Waals surface area contributed by atoms with Crippen molar-refractivity contribution in [3.05, 3.63) is 48.0 Å². The number of ether oxygens (including phenoxy) is 2. The molecule has 1 unspecified atom stereocenters. The van der Waals surface area contributed by atoms with Crippen LogP contribution in [0.2, 0.25) is 0 Å². The van der Waals surface area contributed by atoms with Crippen LogP contribution in [0.4, 0.5) is 24.5 Å². The zero-order chi connectivity index (χ0) is 21.2. The van der Waals surface area contributed by atoms with Gasteiger partial charge in [0.2, 0.25) is 11.8 Å². The Morgan fingerprint density at radius 3 is 2.48 bits per heavy atom. The lowest BCUT2D eigenvalue weighted by atomic mass is 10.1. The molecule has 1 atom stereocenters. The lowest BCUT2D eigenvalue weighted by Gasteiger charge is -2.18. The van der Waals surface area contributed by atoms with Crippen LogP contribution in [0, 0.1) is 5.92 Å². The van der Waals surface area contributed by atoms with Crippen molar-refractivity contribution >= 4 is 23.2 Å². The highest BCUT2D eigenvalue weighted by Crippen LogP contribution is 2.35. The van der Waals surface area contributed by atoms with E-state index >= 15 is 0 Å². The highest BCUT2D eigenvalue weighted by atomic mass is 19.4. The Balaban J connectivity index is 1.73. The van der Waals surface area contributed by atoms with Crippen molar-refractivity contribution in [2.24, 2.45) is 5.92 Å². The van der Waals surface area contributed by atoms with Crippen molar-refractivity contribution in [3.63, 3.8) is 0 Å². The average Bonchev–Trinajstić information content (AvgIpc) is 3.09. The maximum Gasteiger partial charge on any atom is 0.416 e. The normalized spacial score (nSPS) is 16.7. The zero-order valence-corrected chi connectivity index (χ0v) is 15.7. The van der Waals surface area contributed by atoms with Crippen molar-refractivity contribution in [2.45, 2.75) is 12.6 Å². The van der Waals surface area contributed by atoms with Gasteiger partial charge in [0.15, 0.2) is 11.5 Å². The summed E-state index contributed by atoms with van der Waals surface area (Å²) in [5.41, 5.74) is -0.284. The van der Waals surface area contributed by atoms with Crippen LogP contribution in [0.25, 0.3) is 0 Å². The second-order valence-corrected chi connectivity index (χ2v) is 6.51. The minimum Gasteiger partial charge on any atom is -0.493 e. The van der Waals surface area contributed by atoms with E-state index in [2.05, 4.69) is 5.32 Å². The monoisotopic (exact) mass is 408 g/mol. The van der Waals surface area contributed by atoms with E-state index in [9.17, 15) is 22.8 Å². The topological polar surface area (TPSA) is 67.9 Å². The maximum absolute atomic E-state index is 12.8. The van der Waals surface area contributed by atoms with E-state index in [1.165, 1.54) is 31.3 Å². The van der Waals surface area contributed by atoms with E-state index in [0.717, 1.165) is 12.1 Å². The van der Waals surface area contributed by atoms with Gasteiger partial charge in [-0.1, -0.05) is 6.07 Å². The third-order valence-corrected chi connectivity index (χ3v) is 4.63. The summed E-state index contributed by atoms with van der Waals surface area (Å²) in [6.07, 6.45) is -4.55. The van der Waals surface area contributed by atoms with Crippen LogP contribution in [0.15, 0.2) is 42.5 Å². The van der Waals surface area contributed by atoms with E-state index < -0.39 is 23.6 Å². The molecule has 0 bridgehead atoms. The Labute approximate surface area is 165 Å². The van der Waals surface area contributed by atoms with Gasteiger partial charge < -0.3 is 19.7 Å². The first-order valence-corrected chi connectivity index (χ1v) is 8.73. The molecule has 2 aromatic rings. The summed E-state index contributed by atoms with van der Waals surface area (Å²) in [5.74, 6) is -0.524. The SMILES string of the molecule is COc1ccc(N2CC(C(=O)Nc3cccc(C(F)(F)F)c3)CC2=O)cc1OC. The van der Waals surface area contributed by atoms with Crippen LogP contribution in [0.5, 0.6) is 11.5 Å². The molecule has 29 heavy (non-hydrogen) atoms. The summed E-state index contributed by atoms with van der Waals surface area (Å²) in [6.45, 7) is 0.110. The van der Waals surface area contributed by atoms with Gasteiger partial charge in [-0.25, -0.2) is 0 Å². The van der Waals surface area contributed by atoms with E-state index in [1.807, 2.05) is 0 Å². The minimum atomic E-state index is -4.51. The van der Waals surface area contributed by atoms with Crippen LogP contribution in [0.1, 0.15) is 12.0 Å². The summed E-state index contributed by atoms with van der Waals surface area (Å²) in [4.78, 5) is 26.4. The van der Waals surface area contributed by atoms with Crippen molar-refractivity contribution in [1.82, 2.24) is 0 Å². The lowest BCUT2D eigenvalue weighted by molar-refractivity contribution is -0.137. The predicted octanol–water partition coefficient (Wildman–Crippen LogP) is 3.71. The Kier molecular flexibility index (Phi) is 5.67. The molecule has 0 spiro atoms. The molecule has 154 valence electrons. The molecule has 1 N–H and O–H groups in total. The van der Waals surface area contributed by atoms with Crippen molar-refractivity contribution in [2.75, 3.05) is 31.0 Å². The lowest BCUT2D eigenvalue weighted by Crippen LogP contribution is -2.28. The number of alkyl halides is 3. The number of nitrogens with one attached hydrogen (secondary N) is 1. The largest absolute Gasteiger partial charge is 0.493 e. The van der Waals surface area contributed by atoms with Gasteiger partial charge in [0.1, 0.15) is 0 Å². The standard InChI is InChI=1S/C20H19F3N2O4/c1-28-16-7-6-15(10-17(16)29-2)25-11-12(8-18(25)26)19(27)24-14-5-3-4-13(9-14)20(21,22)23/h3-7,9-10,12H,8,11H2,1-2H3,(H,24,27). The quantitative estimate of drug-likeness (QED) is 0.819. The van der Waals surface area contributed by atoms with E-state index in [-0.39, 0.29) is 24.6 Å². The molecule has 1 heterocycles. The molecule has 3 rings (SSSR count). The highest BCUT2D eigenvalue weighted by molar-refractivity contribution is 6.03. The number of hydrogen-bond acceptors (Lipinski definition) is 4. The number of methoxy groups -OCH3 is 2. The van der Waals surface area contributed by atoms with Crippen LogP contribution < -0.4 is 19.7 Å². The van der Waals surface area contributed by atoms with E-state index in [1.54, 1.807) is 18.2 Å². The summed E-state index contributed by atoms with van der Waals surface area (Å²) < 4.78 is 48.9. The fraction of sp³-hybridized carbons (Fsp3) is 0.300. The average molecular weight is 408 g/mol. The summed E-state index contributed by atoms with van der Waals surface area (Å²) >= 11 is 0. The number of carbonyl (C=O) groups excluding carboxylic acids is 2. The van der Waals surface area contributed by atoms with Crippen molar-refractivity contribution < 1.29 is 32.2 Å². The smallest absolute Gasteiger partial charge is 0.416 e. The predicted molar refractivity (Wildman–Crippen MR) is 100 cm³/mol. The first-order valence-electron chi connectivity index (χ1n) is 8.73.